The zero-order valence-electron chi connectivity index (χ0n) is 19.8. The summed E-state index contributed by atoms with van der Waals surface area (Å²) in [5, 5.41) is 0.852. The third-order valence-electron chi connectivity index (χ3n) is 5.10. The van der Waals surface area contributed by atoms with Crippen LogP contribution in [0.2, 0.25) is 10.0 Å². The summed E-state index contributed by atoms with van der Waals surface area (Å²) >= 11 is 12.9. The number of halogens is 2. The number of rotatable bonds is 8. The Kier molecular flexibility index (Phi) is 8.43. The van der Waals surface area contributed by atoms with Gasteiger partial charge in [0, 0.05) is 51.8 Å². The summed E-state index contributed by atoms with van der Waals surface area (Å²) in [6.45, 7) is 0.0779. The molecule has 0 spiro atoms. The highest BCUT2D eigenvalue weighted by Crippen LogP contribution is 2.34. The van der Waals surface area contributed by atoms with Crippen molar-refractivity contribution in [3.05, 3.63) is 81.9 Å². The summed E-state index contributed by atoms with van der Waals surface area (Å²) in [4.78, 5) is 51.1. The maximum atomic E-state index is 13.4. The molecular weight excluding hydrogens is 489 g/mol. The Morgan fingerprint density at radius 2 is 1.51 bits per heavy atom. The molecule has 10 heteroatoms. The molecule has 0 atom stereocenters. The smallest absolute Gasteiger partial charge is 0.253 e. The average molecular weight is 514 g/mol. The lowest BCUT2D eigenvalue weighted by atomic mass is 10.1. The largest absolute Gasteiger partial charge is 0.375 e. The van der Waals surface area contributed by atoms with Crippen LogP contribution in [-0.2, 0) is 11.3 Å². The predicted octanol–water partition coefficient (Wildman–Crippen LogP) is 4.36. The van der Waals surface area contributed by atoms with Crippen LogP contribution in [-0.4, -0.2) is 60.7 Å². The van der Waals surface area contributed by atoms with Crippen LogP contribution in [0.15, 0.2) is 54.9 Å². The van der Waals surface area contributed by atoms with Crippen molar-refractivity contribution in [1.82, 2.24) is 14.9 Å². The molecule has 0 saturated heterocycles. The number of anilines is 2. The Bertz CT molecular complexity index is 1230. The minimum absolute atomic E-state index is 0.0428. The van der Waals surface area contributed by atoms with E-state index in [1.807, 2.05) is 14.1 Å². The topological polar surface area (TPSA) is 86.7 Å². The van der Waals surface area contributed by atoms with Crippen LogP contribution >= 0.6 is 23.2 Å². The first-order valence-electron chi connectivity index (χ1n) is 10.7. The minimum Gasteiger partial charge on any atom is -0.375 e. The highest BCUT2D eigenvalue weighted by Gasteiger charge is 2.23. The minimum atomic E-state index is -0.514. The third kappa shape index (κ3) is 6.35. The first-order valence-corrected chi connectivity index (χ1v) is 11.4. The zero-order chi connectivity index (χ0) is 25.7. The Morgan fingerprint density at radius 1 is 0.886 bits per heavy atom. The number of benzene rings is 2. The number of Topliss-reactive ketones (excluding diaryl/α,β-unsaturated/α-hetero) is 1. The van der Waals surface area contributed by atoms with Gasteiger partial charge in [-0.3, -0.25) is 14.4 Å². The number of carbonyl (C=O) groups is 3. The highest BCUT2D eigenvalue weighted by atomic mass is 35.5. The molecule has 3 aromatic rings. The molecule has 2 amide bonds. The normalized spacial score (nSPS) is 10.6. The second-order valence-electron chi connectivity index (χ2n) is 8.20. The van der Waals surface area contributed by atoms with Crippen molar-refractivity contribution in [1.29, 1.82) is 0 Å². The maximum absolute atomic E-state index is 13.4. The molecule has 2 aromatic carbocycles. The van der Waals surface area contributed by atoms with Crippen LogP contribution in [0.3, 0.4) is 0 Å². The molecule has 0 fully saturated rings. The monoisotopic (exact) mass is 513 g/mol. The van der Waals surface area contributed by atoms with Crippen LogP contribution < -0.4 is 9.80 Å². The molecule has 35 heavy (non-hydrogen) atoms. The fourth-order valence-electron chi connectivity index (χ4n) is 3.46. The number of amides is 2. The van der Waals surface area contributed by atoms with E-state index in [4.69, 9.17) is 23.2 Å². The van der Waals surface area contributed by atoms with Gasteiger partial charge in [0.05, 0.1) is 28.7 Å². The van der Waals surface area contributed by atoms with E-state index in [9.17, 15) is 14.4 Å². The molecule has 182 valence electrons. The van der Waals surface area contributed by atoms with Crippen LogP contribution in [0.25, 0.3) is 0 Å². The van der Waals surface area contributed by atoms with Gasteiger partial charge in [-0.1, -0.05) is 29.3 Å². The van der Waals surface area contributed by atoms with Gasteiger partial charge in [0.1, 0.15) is 0 Å². The van der Waals surface area contributed by atoms with E-state index < -0.39 is 18.1 Å². The molecule has 0 aliphatic carbocycles. The predicted molar refractivity (Wildman–Crippen MR) is 137 cm³/mol. The first-order chi connectivity index (χ1) is 16.6. The molecule has 1 heterocycles. The number of ketones is 1. The molecule has 0 aliphatic heterocycles. The summed E-state index contributed by atoms with van der Waals surface area (Å²) < 4.78 is 0. The maximum Gasteiger partial charge on any atom is 0.253 e. The standard InChI is InChI=1S/C25H25Cl2N5O3/c1-30(2)23-19(26)11-16(12-20(23)27)15-32(18-8-5-7-17(13-18)25(35)31(3)4)22(34)14-21(33)24-28-9-6-10-29-24/h5-13H,14-15H2,1-4H3. The summed E-state index contributed by atoms with van der Waals surface area (Å²) in [7, 11) is 6.94. The first kappa shape index (κ1) is 26.1. The van der Waals surface area contributed by atoms with E-state index in [2.05, 4.69) is 9.97 Å². The van der Waals surface area contributed by atoms with Gasteiger partial charge >= 0.3 is 0 Å². The van der Waals surface area contributed by atoms with Crippen molar-refractivity contribution in [3.63, 3.8) is 0 Å². The Labute approximate surface area is 214 Å². The molecule has 0 radical (unpaired) electrons. The molecule has 0 aliphatic rings. The summed E-state index contributed by atoms with van der Waals surface area (Å²) in [6.07, 6.45) is 2.43. The van der Waals surface area contributed by atoms with Crippen molar-refractivity contribution in [2.75, 3.05) is 38.0 Å². The van der Waals surface area contributed by atoms with Crippen molar-refractivity contribution in [3.8, 4) is 0 Å². The van der Waals surface area contributed by atoms with Gasteiger partial charge in [-0.2, -0.15) is 0 Å². The molecule has 0 unspecified atom stereocenters. The lowest BCUT2D eigenvalue weighted by Crippen LogP contribution is -2.32. The van der Waals surface area contributed by atoms with E-state index in [-0.39, 0.29) is 18.3 Å². The quantitative estimate of drug-likeness (QED) is 0.328. The Morgan fingerprint density at radius 3 is 2.09 bits per heavy atom. The van der Waals surface area contributed by atoms with Crippen LogP contribution in [0.4, 0.5) is 11.4 Å². The highest BCUT2D eigenvalue weighted by molar-refractivity contribution is 6.39. The Balaban J connectivity index is 1.99. The van der Waals surface area contributed by atoms with Crippen LogP contribution in [0, 0.1) is 0 Å². The van der Waals surface area contributed by atoms with Crippen LogP contribution in [0.5, 0.6) is 0 Å². The third-order valence-corrected chi connectivity index (χ3v) is 5.68. The lowest BCUT2D eigenvalue weighted by Gasteiger charge is -2.25. The summed E-state index contributed by atoms with van der Waals surface area (Å²) in [5.41, 5.74) is 2.17. The summed E-state index contributed by atoms with van der Waals surface area (Å²) in [5.74, 6) is -1.26. The van der Waals surface area contributed by atoms with Crippen molar-refractivity contribution in [2.24, 2.45) is 0 Å². The number of nitrogens with zero attached hydrogens (tertiary/aromatic N) is 5. The van der Waals surface area contributed by atoms with Gasteiger partial charge in [-0.05, 0) is 42.0 Å². The average Bonchev–Trinajstić information content (AvgIpc) is 2.81. The van der Waals surface area contributed by atoms with E-state index in [1.165, 1.54) is 22.2 Å². The van der Waals surface area contributed by atoms with Gasteiger partial charge in [-0.15, -0.1) is 0 Å². The second kappa shape index (κ2) is 11.3. The van der Waals surface area contributed by atoms with Crippen molar-refractivity contribution < 1.29 is 14.4 Å². The number of carbonyl (C=O) groups excluding carboxylic acids is 3. The van der Waals surface area contributed by atoms with Gasteiger partial charge in [0.15, 0.2) is 5.82 Å². The molecule has 1 aromatic heterocycles. The van der Waals surface area contributed by atoms with Crippen molar-refractivity contribution in [2.45, 2.75) is 13.0 Å². The number of hydrogen-bond acceptors (Lipinski definition) is 6. The molecule has 0 N–H and O–H groups in total. The van der Waals surface area contributed by atoms with Gasteiger partial charge in [0.25, 0.3) is 5.91 Å². The molecule has 0 saturated carbocycles. The van der Waals surface area contributed by atoms with Gasteiger partial charge < -0.3 is 14.7 Å². The zero-order valence-corrected chi connectivity index (χ0v) is 21.3. The van der Waals surface area contributed by atoms with E-state index in [1.54, 1.807) is 61.5 Å². The fourth-order valence-corrected chi connectivity index (χ4v) is 4.33. The lowest BCUT2D eigenvalue weighted by molar-refractivity contribution is -0.117. The van der Waals surface area contributed by atoms with Gasteiger partial charge in [-0.25, -0.2) is 9.97 Å². The van der Waals surface area contributed by atoms with E-state index in [0.717, 1.165) is 0 Å². The molecule has 8 nitrogen and oxygen atoms in total. The number of aromatic nitrogens is 2. The van der Waals surface area contributed by atoms with Crippen molar-refractivity contribution >= 4 is 52.2 Å². The second-order valence-corrected chi connectivity index (χ2v) is 9.02. The molecule has 3 rings (SSSR count). The summed E-state index contributed by atoms with van der Waals surface area (Å²) in [6, 6.07) is 11.7. The van der Waals surface area contributed by atoms with E-state index in [0.29, 0.717) is 32.5 Å². The Hall–Kier alpha value is -3.49. The van der Waals surface area contributed by atoms with E-state index >= 15 is 0 Å². The molecule has 0 bridgehead atoms. The fraction of sp³-hybridized carbons (Fsp3) is 0.240. The molecular formula is C25H25Cl2N5O3. The number of hydrogen-bond donors (Lipinski definition) is 0. The van der Waals surface area contributed by atoms with Gasteiger partial charge in [0.2, 0.25) is 11.7 Å². The van der Waals surface area contributed by atoms with Crippen LogP contribution in [0.1, 0.15) is 33.0 Å². The SMILES string of the molecule is CN(C)C(=O)c1cccc(N(Cc2cc(Cl)c(N(C)C)c(Cl)c2)C(=O)CC(=O)c2ncccn2)c1.